The van der Waals surface area contributed by atoms with Gasteiger partial charge < -0.3 is 16.4 Å². The van der Waals surface area contributed by atoms with Crippen LogP contribution in [0.15, 0.2) is 17.3 Å². The van der Waals surface area contributed by atoms with Crippen molar-refractivity contribution in [3.63, 3.8) is 0 Å². The highest BCUT2D eigenvalue weighted by molar-refractivity contribution is 7.99. The van der Waals surface area contributed by atoms with E-state index in [4.69, 9.17) is 5.73 Å². The lowest BCUT2D eigenvalue weighted by atomic mass is 10.3. The molecule has 2 rings (SSSR count). The third kappa shape index (κ3) is 2.85. The van der Waals surface area contributed by atoms with Crippen molar-refractivity contribution in [2.24, 2.45) is 0 Å². The number of hydrogen-bond donors (Lipinski definition) is 4. The number of nitrogens with zero attached hydrogens (tertiary/aromatic N) is 1. The Kier molecular flexibility index (Phi) is 4.33. The summed E-state index contributed by atoms with van der Waals surface area (Å²) >= 11 is 2.89. The number of thiophene rings is 1. The van der Waals surface area contributed by atoms with Gasteiger partial charge in [0.05, 0.1) is 16.8 Å². The van der Waals surface area contributed by atoms with Crippen LogP contribution in [0.25, 0.3) is 0 Å². The summed E-state index contributed by atoms with van der Waals surface area (Å²) in [7, 11) is 1.60. The third-order valence-electron chi connectivity index (χ3n) is 2.54. The highest BCUT2D eigenvalue weighted by Crippen LogP contribution is 2.41. The van der Waals surface area contributed by atoms with Gasteiger partial charge in [0, 0.05) is 25.4 Å². The quantitative estimate of drug-likeness (QED) is 0.631. The second kappa shape index (κ2) is 5.98. The van der Waals surface area contributed by atoms with Crippen LogP contribution in [0.3, 0.4) is 0 Å². The first-order valence-corrected chi connectivity index (χ1v) is 7.61. The maximum absolute atomic E-state index is 11.7. The van der Waals surface area contributed by atoms with Crippen molar-refractivity contribution in [2.45, 2.75) is 11.4 Å². The number of amides is 1. The first-order chi connectivity index (χ1) is 9.17. The number of hydrogen-bond acceptors (Lipinski definition) is 6. The van der Waals surface area contributed by atoms with Gasteiger partial charge in [0.25, 0.3) is 5.91 Å². The Bertz CT molecular complexity index is 564. The van der Waals surface area contributed by atoms with Crippen molar-refractivity contribution in [1.82, 2.24) is 15.5 Å². The summed E-state index contributed by atoms with van der Waals surface area (Å²) in [5.74, 6) is -0.158. The highest BCUT2D eigenvalue weighted by Gasteiger charge is 2.19. The summed E-state index contributed by atoms with van der Waals surface area (Å²) in [6.45, 7) is 0.636. The SMILES string of the molecule is CNC(=O)c1sc(NCc2cn[nH]c2)c(SC)c1N. The molecule has 0 saturated heterocycles. The van der Waals surface area contributed by atoms with Gasteiger partial charge in [0.1, 0.15) is 9.88 Å². The minimum Gasteiger partial charge on any atom is -0.396 e. The zero-order chi connectivity index (χ0) is 13.8. The molecule has 2 heterocycles. The molecule has 0 fully saturated rings. The van der Waals surface area contributed by atoms with Gasteiger partial charge in [0.15, 0.2) is 0 Å². The lowest BCUT2D eigenvalue weighted by Gasteiger charge is -2.04. The number of aromatic amines is 1. The van der Waals surface area contributed by atoms with E-state index >= 15 is 0 Å². The lowest BCUT2D eigenvalue weighted by Crippen LogP contribution is -2.17. The standard InChI is InChI=1S/C11H15N5OS2/c1-13-10(17)8-7(12)9(18-2)11(19-8)14-3-6-4-15-16-5-6/h4-5,14H,3,12H2,1-2H3,(H,13,17)(H,15,16). The number of carbonyl (C=O) groups excluding carboxylic acids is 1. The van der Waals surface area contributed by atoms with E-state index in [-0.39, 0.29) is 5.91 Å². The summed E-state index contributed by atoms with van der Waals surface area (Å²) in [6, 6.07) is 0. The molecular formula is C11H15N5OS2. The van der Waals surface area contributed by atoms with Gasteiger partial charge in [-0.3, -0.25) is 9.89 Å². The van der Waals surface area contributed by atoms with Crippen LogP contribution in [-0.2, 0) is 6.54 Å². The van der Waals surface area contributed by atoms with Crippen LogP contribution in [0.1, 0.15) is 15.2 Å². The fourth-order valence-electron chi connectivity index (χ4n) is 1.59. The van der Waals surface area contributed by atoms with E-state index in [9.17, 15) is 4.79 Å². The van der Waals surface area contributed by atoms with Crippen molar-refractivity contribution in [3.8, 4) is 0 Å². The normalized spacial score (nSPS) is 10.4. The zero-order valence-electron chi connectivity index (χ0n) is 10.6. The summed E-state index contributed by atoms with van der Waals surface area (Å²) in [5.41, 5.74) is 7.59. The first kappa shape index (κ1) is 13.8. The van der Waals surface area contributed by atoms with Crippen LogP contribution < -0.4 is 16.4 Å². The average Bonchev–Trinajstić information content (AvgIpc) is 3.03. The molecule has 102 valence electrons. The Labute approximate surface area is 119 Å². The molecule has 0 aliphatic carbocycles. The molecule has 0 atom stereocenters. The molecular weight excluding hydrogens is 282 g/mol. The number of H-pyrrole nitrogens is 1. The molecule has 0 bridgehead atoms. The maximum Gasteiger partial charge on any atom is 0.263 e. The zero-order valence-corrected chi connectivity index (χ0v) is 12.2. The third-order valence-corrected chi connectivity index (χ3v) is 4.67. The second-order valence-corrected chi connectivity index (χ2v) is 5.58. The molecule has 0 saturated carbocycles. The molecule has 0 aliphatic heterocycles. The van der Waals surface area contributed by atoms with E-state index in [2.05, 4.69) is 20.8 Å². The topological polar surface area (TPSA) is 95.8 Å². The van der Waals surface area contributed by atoms with Crippen molar-refractivity contribution < 1.29 is 4.79 Å². The number of carbonyl (C=O) groups is 1. The number of rotatable bonds is 5. The number of anilines is 2. The number of nitrogen functional groups attached to an aromatic ring is 1. The smallest absolute Gasteiger partial charge is 0.263 e. The predicted octanol–water partition coefficient (Wildman–Crippen LogP) is 1.75. The van der Waals surface area contributed by atoms with E-state index in [0.717, 1.165) is 15.5 Å². The molecule has 0 unspecified atom stereocenters. The summed E-state index contributed by atoms with van der Waals surface area (Å²) in [5, 5.41) is 13.4. The van der Waals surface area contributed by atoms with Crippen LogP contribution in [0.5, 0.6) is 0 Å². The molecule has 0 aromatic carbocycles. The molecule has 1 amide bonds. The van der Waals surface area contributed by atoms with Crippen molar-refractivity contribution in [1.29, 1.82) is 0 Å². The minimum absolute atomic E-state index is 0.158. The molecule has 5 N–H and O–H groups in total. The lowest BCUT2D eigenvalue weighted by molar-refractivity contribution is 0.0968. The number of aromatic nitrogens is 2. The molecule has 0 radical (unpaired) electrons. The monoisotopic (exact) mass is 297 g/mol. The van der Waals surface area contributed by atoms with E-state index in [0.29, 0.717) is 17.1 Å². The van der Waals surface area contributed by atoms with E-state index in [1.165, 1.54) is 23.1 Å². The van der Waals surface area contributed by atoms with Crippen LogP contribution >= 0.6 is 23.1 Å². The van der Waals surface area contributed by atoms with Crippen molar-refractivity contribution >= 4 is 39.7 Å². The maximum atomic E-state index is 11.7. The summed E-state index contributed by atoms with van der Waals surface area (Å²) in [4.78, 5) is 13.2. The van der Waals surface area contributed by atoms with E-state index < -0.39 is 0 Å². The van der Waals surface area contributed by atoms with Crippen LogP contribution in [0.4, 0.5) is 10.7 Å². The fourth-order valence-corrected chi connectivity index (χ4v) is 3.56. The molecule has 0 spiro atoms. The van der Waals surface area contributed by atoms with Gasteiger partial charge >= 0.3 is 0 Å². The molecule has 0 aliphatic rings. The van der Waals surface area contributed by atoms with Gasteiger partial charge in [-0.1, -0.05) is 0 Å². The van der Waals surface area contributed by atoms with Gasteiger partial charge in [-0.15, -0.1) is 23.1 Å². The van der Waals surface area contributed by atoms with Crippen molar-refractivity contribution in [3.05, 3.63) is 22.8 Å². The van der Waals surface area contributed by atoms with Crippen LogP contribution in [0, 0.1) is 0 Å². The van der Waals surface area contributed by atoms with Gasteiger partial charge in [0.2, 0.25) is 0 Å². The van der Waals surface area contributed by atoms with Gasteiger partial charge in [-0.2, -0.15) is 5.10 Å². The summed E-state index contributed by atoms with van der Waals surface area (Å²) in [6.07, 6.45) is 5.51. The molecule has 2 aromatic rings. The van der Waals surface area contributed by atoms with Crippen molar-refractivity contribution in [2.75, 3.05) is 24.4 Å². The van der Waals surface area contributed by atoms with E-state index in [1.54, 1.807) is 13.2 Å². The first-order valence-electron chi connectivity index (χ1n) is 5.57. The number of nitrogens with one attached hydrogen (secondary N) is 3. The molecule has 19 heavy (non-hydrogen) atoms. The predicted molar refractivity (Wildman–Crippen MR) is 79.8 cm³/mol. The molecule has 2 aromatic heterocycles. The highest BCUT2D eigenvalue weighted by atomic mass is 32.2. The van der Waals surface area contributed by atoms with Gasteiger partial charge in [-0.25, -0.2) is 0 Å². The van der Waals surface area contributed by atoms with Crippen LogP contribution in [0.2, 0.25) is 0 Å². The minimum atomic E-state index is -0.158. The molecule has 6 nitrogen and oxygen atoms in total. The average molecular weight is 297 g/mol. The Balaban J connectivity index is 2.22. The second-order valence-electron chi connectivity index (χ2n) is 3.75. The van der Waals surface area contributed by atoms with Crippen LogP contribution in [-0.4, -0.2) is 29.4 Å². The Morgan fingerprint density at radius 2 is 2.42 bits per heavy atom. The molecule has 8 heteroatoms. The Morgan fingerprint density at radius 1 is 1.63 bits per heavy atom. The van der Waals surface area contributed by atoms with E-state index in [1.807, 2.05) is 12.5 Å². The fraction of sp³-hybridized carbons (Fsp3) is 0.273. The number of thioether (sulfide) groups is 1. The number of nitrogens with two attached hydrogens (primary N) is 1. The largest absolute Gasteiger partial charge is 0.396 e. The van der Waals surface area contributed by atoms with Gasteiger partial charge in [-0.05, 0) is 6.26 Å². The Hall–Kier alpha value is -1.67. The Morgan fingerprint density at radius 3 is 3.00 bits per heavy atom. The summed E-state index contributed by atoms with van der Waals surface area (Å²) < 4.78 is 0.